The molecule has 1 N–H and O–H groups in total. The summed E-state index contributed by atoms with van der Waals surface area (Å²) in [6.07, 6.45) is 3.38. The maximum absolute atomic E-state index is 5.98. The molecule has 104 valence electrons. The second kappa shape index (κ2) is 6.53. The van der Waals surface area contributed by atoms with Gasteiger partial charge in [0.15, 0.2) is 0 Å². The normalized spacial score (nSPS) is 11.4. The van der Waals surface area contributed by atoms with E-state index in [1.165, 1.54) is 11.3 Å². The van der Waals surface area contributed by atoms with Crippen LogP contribution in [0.25, 0.3) is 10.2 Å². The molecule has 0 aliphatic rings. The minimum absolute atomic E-state index is 0.323. The lowest BCUT2D eigenvalue weighted by Crippen LogP contribution is -2.05. The SMILES string of the molecule is CCc1cc2c(NCCCC(C)C)nc(Cl)nc2s1. The summed E-state index contributed by atoms with van der Waals surface area (Å²) in [5.41, 5.74) is 0. The van der Waals surface area contributed by atoms with Crippen molar-refractivity contribution in [2.45, 2.75) is 40.0 Å². The van der Waals surface area contributed by atoms with Gasteiger partial charge in [-0.15, -0.1) is 11.3 Å². The summed E-state index contributed by atoms with van der Waals surface area (Å²) in [6.45, 7) is 7.56. The highest BCUT2D eigenvalue weighted by molar-refractivity contribution is 7.18. The molecule has 19 heavy (non-hydrogen) atoms. The van der Waals surface area contributed by atoms with Crippen LogP contribution in [-0.2, 0) is 6.42 Å². The third-order valence-corrected chi connectivity index (χ3v) is 4.36. The number of nitrogens with one attached hydrogen (secondary N) is 1. The van der Waals surface area contributed by atoms with Gasteiger partial charge in [-0.1, -0.05) is 20.8 Å². The third kappa shape index (κ3) is 3.80. The van der Waals surface area contributed by atoms with Gasteiger partial charge in [-0.25, -0.2) is 9.97 Å². The summed E-state index contributed by atoms with van der Waals surface area (Å²) in [5.74, 6) is 1.61. The van der Waals surface area contributed by atoms with Crippen molar-refractivity contribution in [3.05, 3.63) is 16.2 Å². The number of aryl methyl sites for hydroxylation is 1. The molecule has 0 bridgehead atoms. The standard InChI is InChI=1S/C14H20ClN3S/c1-4-10-8-11-12(16-7-5-6-9(2)3)17-14(15)18-13(11)19-10/h8-9H,4-7H2,1-3H3,(H,16,17,18). The van der Waals surface area contributed by atoms with Gasteiger partial charge in [0, 0.05) is 11.4 Å². The molecule has 2 rings (SSSR count). The van der Waals surface area contributed by atoms with Crippen LogP contribution in [0.1, 0.15) is 38.5 Å². The van der Waals surface area contributed by atoms with E-state index < -0.39 is 0 Å². The Labute approximate surface area is 123 Å². The first-order chi connectivity index (χ1) is 9.10. The third-order valence-electron chi connectivity index (χ3n) is 3.02. The smallest absolute Gasteiger partial charge is 0.225 e. The number of anilines is 1. The molecule has 0 aromatic carbocycles. The van der Waals surface area contributed by atoms with Gasteiger partial charge in [0.2, 0.25) is 5.28 Å². The summed E-state index contributed by atoms with van der Waals surface area (Å²) >= 11 is 7.68. The first kappa shape index (κ1) is 14.5. The number of hydrogen-bond acceptors (Lipinski definition) is 4. The zero-order chi connectivity index (χ0) is 13.8. The van der Waals surface area contributed by atoms with Crippen LogP contribution in [-0.4, -0.2) is 16.5 Å². The largest absolute Gasteiger partial charge is 0.369 e. The first-order valence-electron chi connectivity index (χ1n) is 6.80. The second-order valence-corrected chi connectivity index (χ2v) is 6.54. The van der Waals surface area contributed by atoms with Crippen molar-refractivity contribution in [3.63, 3.8) is 0 Å². The lowest BCUT2D eigenvalue weighted by atomic mass is 10.1. The minimum Gasteiger partial charge on any atom is -0.369 e. The van der Waals surface area contributed by atoms with E-state index in [1.54, 1.807) is 11.3 Å². The van der Waals surface area contributed by atoms with E-state index in [1.807, 2.05) is 0 Å². The molecule has 5 heteroatoms. The van der Waals surface area contributed by atoms with E-state index in [4.69, 9.17) is 11.6 Å². The Morgan fingerprint density at radius 1 is 1.37 bits per heavy atom. The molecule has 3 nitrogen and oxygen atoms in total. The van der Waals surface area contributed by atoms with Crippen LogP contribution in [0, 0.1) is 5.92 Å². The molecule has 0 unspecified atom stereocenters. The van der Waals surface area contributed by atoms with Crippen LogP contribution in [0.3, 0.4) is 0 Å². The Morgan fingerprint density at radius 2 is 2.16 bits per heavy atom. The zero-order valence-electron chi connectivity index (χ0n) is 11.7. The van der Waals surface area contributed by atoms with Crippen molar-refractivity contribution in [2.24, 2.45) is 5.92 Å². The predicted octanol–water partition coefficient (Wildman–Crippen LogP) is 4.76. The molecule has 0 aliphatic carbocycles. The summed E-state index contributed by atoms with van der Waals surface area (Å²) < 4.78 is 0. The predicted molar refractivity (Wildman–Crippen MR) is 84.4 cm³/mol. The van der Waals surface area contributed by atoms with Crippen molar-refractivity contribution >= 4 is 39.0 Å². The number of thiophene rings is 1. The van der Waals surface area contributed by atoms with Gasteiger partial charge in [-0.2, -0.15) is 0 Å². The number of hydrogen-bond donors (Lipinski definition) is 1. The summed E-state index contributed by atoms with van der Waals surface area (Å²) in [4.78, 5) is 10.9. The Bertz CT molecular complexity index is 551. The number of halogens is 1. The Hall–Kier alpha value is -0.870. The molecule has 0 spiro atoms. The van der Waals surface area contributed by atoms with E-state index in [0.29, 0.717) is 5.28 Å². The van der Waals surface area contributed by atoms with Gasteiger partial charge in [0.25, 0.3) is 0 Å². The Balaban J connectivity index is 2.14. The molecule has 0 saturated heterocycles. The average molecular weight is 298 g/mol. The number of aromatic nitrogens is 2. The van der Waals surface area contributed by atoms with E-state index in [9.17, 15) is 0 Å². The van der Waals surface area contributed by atoms with Crippen molar-refractivity contribution < 1.29 is 0 Å². The highest BCUT2D eigenvalue weighted by Crippen LogP contribution is 2.30. The molecule has 2 aromatic heterocycles. The van der Waals surface area contributed by atoms with Crippen molar-refractivity contribution in [1.29, 1.82) is 0 Å². The average Bonchev–Trinajstić information content (AvgIpc) is 2.77. The monoisotopic (exact) mass is 297 g/mol. The van der Waals surface area contributed by atoms with Crippen LogP contribution in [0.4, 0.5) is 5.82 Å². The van der Waals surface area contributed by atoms with Crippen molar-refractivity contribution in [1.82, 2.24) is 9.97 Å². The van der Waals surface area contributed by atoms with Crippen LogP contribution < -0.4 is 5.32 Å². The highest BCUT2D eigenvalue weighted by Gasteiger charge is 2.10. The molecule has 2 aromatic rings. The molecule has 0 saturated carbocycles. The fraction of sp³-hybridized carbons (Fsp3) is 0.571. The Kier molecular flexibility index (Phi) is 4.99. The maximum Gasteiger partial charge on any atom is 0.225 e. The molecule has 0 atom stereocenters. The maximum atomic E-state index is 5.98. The molecular weight excluding hydrogens is 278 g/mol. The van der Waals surface area contributed by atoms with Crippen LogP contribution in [0.2, 0.25) is 5.28 Å². The fourth-order valence-corrected chi connectivity index (χ4v) is 3.16. The molecular formula is C14H20ClN3S. The topological polar surface area (TPSA) is 37.8 Å². The van der Waals surface area contributed by atoms with Gasteiger partial charge in [0.05, 0.1) is 5.39 Å². The van der Waals surface area contributed by atoms with E-state index in [-0.39, 0.29) is 0 Å². The second-order valence-electron chi connectivity index (χ2n) is 5.09. The van der Waals surface area contributed by atoms with Gasteiger partial charge in [0.1, 0.15) is 10.6 Å². The fourth-order valence-electron chi connectivity index (χ4n) is 1.97. The molecule has 2 heterocycles. The van der Waals surface area contributed by atoms with E-state index >= 15 is 0 Å². The van der Waals surface area contributed by atoms with E-state index in [0.717, 1.165) is 41.3 Å². The summed E-state index contributed by atoms with van der Waals surface area (Å²) in [7, 11) is 0. The van der Waals surface area contributed by atoms with Crippen LogP contribution >= 0.6 is 22.9 Å². The summed E-state index contributed by atoms with van der Waals surface area (Å²) in [5, 5.41) is 4.81. The number of nitrogens with zero attached hydrogens (tertiary/aromatic N) is 2. The lowest BCUT2D eigenvalue weighted by molar-refractivity contribution is 0.567. The lowest BCUT2D eigenvalue weighted by Gasteiger charge is -2.08. The van der Waals surface area contributed by atoms with Crippen LogP contribution in [0.15, 0.2) is 6.07 Å². The molecule has 0 amide bonds. The van der Waals surface area contributed by atoms with Crippen molar-refractivity contribution in [3.8, 4) is 0 Å². The first-order valence-corrected chi connectivity index (χ1v) is 7.99. The number of rotatable bonds is 6. The highest BCUT2D eigenvalue weighted by atomic mass is 35.5. The van der Waals surface area contributed by atoms with E-state index in [2.05, 4.69) is 42.1 Å². The van der Waals surface area contributed by atoms with Crippen LogP contribution in [0.5, 0.6) is 0 Å². The van der Waals surface area contributed by atoms with Crippen molar-refractivity contribution in [2.75, 3.05) is 11.9 Å². The molecule has 0 fully saturated rings. The quantitative estimate of drug-likeness (QED) is 0.617. The zero-order valence-corrected chi connectivity index (χ0v) is 13.2. The minimum atomic E-state index is 0.323. The van der Waals surface area contributed by atoms with Gasteiger partial charge >= 0.3 is 0 Å². The molecule has 0 radical (unpaired) electrons. The Morgan fingerprint density at radius 3 is 2.84 bits per heavy atom. The molecule has 0 aliphatic heterocycles. The van der Waals surface area contributed by atoms with Gasteiger partial charge in [-0.3, -0.25) is 0 Å². The number of fused-ring (bicyclic) bond motifs is 1. The summed E-state index contributed by atoms with van der Waals surface area (Å²) in [6, 6.07) is 2.17. The van der Waals surface area contributed by atoms with Gasteiger partial charge in [-0.05, 0) is 42.8 Å². The van der Waals surface area contributed by atoms with Gasteiger partial charge < -0.3 is 5.32 Å².